The number of anilines is 1. The topological polar surface area (TPSA) is 54.9 Å². The van der Waals surface area contributed by atoms with Gasteiger partial charge < -0.3 is 5.32 Å². The summed E-state index contributed by atoms with van der Waals surface area (Å²) in [6.45, 7) is 0. The van der Waals surface area contributed by atoms with E-state index in [1.165, 1.54) is 43.2 Å². The molecule has 1 heterocycles. The predicted octanol–water partition coefficient (Wildman–Crippen LogP) is 5.62. The molecule has 5 rings (SSSR count). The van der Waals surface area contributed by atoms with Crippen molar-refractivity contribution in [1.82, 2.24) is 9.97 Å². The number of hydrogen-bond donors (Lipinski definition) is 1. The number of aromatic nitrogens is 2. The number of amides is 1. The highest BCUT2D eigenvalue weighted by atomic mass is 16.1. The van der Waals surface area contributed by atoms with Crippen molar-refractivity contribution in [2.75, 3.05) is 5.32 Å². The molecule has 1 saturated carbocycles. The van der Waals surface area contributed by atoms with Crippen molar-refractivity contribution in [2.45, 2.75) is 51.4 Å². The summed E-state index contributed by atoms with van der Waals surface area (Å²) in [5.74, 6) is 1.15. The summed E-state index contributed by atoms with van der Waals surface area (Å²) in [4.78, 5) is 22.9. The van der Waals surface area contributed by atoms with Gasteiger partial charge in [-0.15, -0.1) is 0 Å². The highest BCUT2D eigenvalue weighted by Gasteiger charge is 2.24. The van der Waals surface area contributed by atoms with Crippen molar-refractivity contribution in [2.24, 2.45) is 5.92 Å². The third kappa shape index (κ3) is 3.87. The Morgan fingerprint density at radius 1 is 0.900 bits per heavy atom. The number of fused-ring (bicyclic) bond motifs is 3. The van der Waals surface area contributed by atoms with Crippen LogP contribution in [0.1, 0.15) is 59.4 Å². The monoisotopic (exact) mass is 397 g/mol. The SMILES string of the molecule is O=C(Nc1nc2c(nc1CC1CCCCC1)-c1ccccc1CC2)c1ccccc1. The lowest BCUT2D eigenvalue weighted by molar-refractivity contribution is 0.102. The molecule has 0 saturated heterocycles. The second kappa shape index (κ2) is 8.39. The first-order chi connectivity index (χ1) is 14.8. The first-order valence-corrected chi connectivity index (χ1v) is 11.1. The quantitative estimate of drug-likeness (QED) is 0.622. The Kier molecular flexibility index (Phi) is 5.31. The maximum Gasteiger partial charge on any atom is 0.256 e. The van der Waals surface area contributed by atoms with Crippen LogP contribution in [0.4, 0.5) is 5.82 Å². The molecule has 30 heavy (non-hydrogen) atoms. The number of benzene rings is 2. The molecule has 0 bridgehead atoms. The average molecular weight is 398 g/mol. The third-order valence-electron chi connectivity index (χ3n) is 6.42. The Hall–Kier alpha value is -3.01. The van der Waals surface area contributed by atoms with Crippen LogP contribution in [0, 0.1) is 5.92 Å². The van der Waals surface area contributed by atoms with E-state index in [-0.39, 0.29) is 5.91 Å². The lowest BCUT2D eigenvalue weighted by atomic mass is 9.85. The molecule has 4 heteroatoms. The molecule has 2 aromatic carbocycles. The van der Waals surface area contributed by atoms with Gasteiger partial charge in [-0.2, -0.15) is 0 Å². The van der Waals surface area contributed by atoms with E-state index >= 15 is 0 Å². The molecule has 2 aliphatic carbocycles. The molecule has 1 fully saturated rings. The van der Waals surface area contributed by atoms with Crippen molar-refractivity contribution in [1.29, 1.82) is 0 Å². The molecule has 2 aliphatic rings. The summed E-state index contributed by atoms with van der Waals surface area (Å²) in [6, 6.07) is 17.8. The van der Waals surface area contributed by atoms with Crippen molar-refractivity contribution in [3.63, 3.8) is 0 Å². The van der Waals surface area contributed by atoms with Gasteiger partial charge >= 0.3 is 0 Å². The standard InChI is InChI=1S/C26H27N3O/c30-26(20-12-5-2-6-13-20)29-25-23(17-18-9-3-1-4-10-18)27-24-21-14-8-7-11-19(21)15-16-22(24)28-25/h2,5-8,11-14,18H,1,3-4,9-10,15-17H2,(H,28,29,30). The maximum atomic E-state index is 12.8. The van der Waals surface area contributed by atoms with Gasteiger partial charge in [-0.05, 0) is 42.9 Å². The van der Waals surface area contributed by atoms with Crippen LogP contribution in [0.15, 0.2) is 54.6 Å². The number of carbonyl (C=O) groups is 1. The van der Waals surface area contributed by atoms with Crippen LogP contribution in [0.2, 0.25) is 0 Å². The van der Waals surface area contributed by atoms with Gasteiger partial charge in [0.15, 0.2) is 5.82 Å². The fourth-order valence-electron chi connectivity index (χ4n) is 4.79. The lowest BCUT2D eigenvalue weighted by Crippen LogP contribution is -2.20. The summed E-state index contributed by atoms with van der Waals surface area (Å²) < 4.78 is 0. The van der Waals surface area contributed by atoms with Gasteiger partial charge in [0.25, 0.3) is 5.91 Å². The average Bonchev–Trinajstić information content (AvgIpc) is 2.80. The van der Waals surface area contributed by atoms with Crippen LogP contribution in [0.25, 0.3) is 11.3 Å². The van der Waals surface area contributed by atoms with E-state index in [1.54, 1.807) is 0 Å². The number of nitrogens with one attached hydrogen (secondary N) is 1. The van der Waals surface area contributed by atoms with Gasteiger partial charge in [0.1, 0.15) is 0 Å². The Bertz CT molecular complexity index is 1060. The zero-order chi connectivity index (χ0) is 20.3. The van der Waals surface area contributed by atoms with E-state index < -0.39 is 0 Å². The number of rotatable bonds is 4. The van der Waals surface area contributed by atoms with Crippen molar-refractivity contribution in [3.8, 4) is 11.3 Å². The largest absolute Gasteiger partial charge is 0.305 e. The molecule has 1 aromatic heterocycles. The molecule has 1 N–H and O–H groups in total. The van der Waals surface area contributed by atoms with Gasteiger partial charge in [-0.1, -0.05) is 74.6 Å². The van der Waals surface area contributed by atoms with Crippen molar-refractivity contribution < 1.29 is 4.79 Å². The minimum atomic E-state index is -0.119. The second-order valence-corrected chi connectivity index (χ2v) is 8.50. The van der Waals surface area contributed by atoms with Crippen LogP contribution in [-0.2, 0) is 19.3 Å². The molecule has 0 aliphatic heterocycles. The molecule has 0 radical (unpaired) electrons. The highest BCUT2D eigenvalue weighted by molar-refractivity contribution is 6.04. The first kappa shape index (κ1) is 19.0. The Morgan fingerprint density at radius 3 is 2.50 bits per heavy atom. The van der Waals surface area contributed by atoms with Gasteiger partial charge in [0.05, 0.1) is 17.1 Å². The van der Waals surface area contributed by atoms with E-state index in [9.17, 15) is 4.79 Å². The molecule has 1 amide bonds. The van der Waals surface area contributed by atoms with E-state index in [0.29, 0.717) is 17.3 Å². The van der Waals surface area contributed by atoms with Gasteiger partial charge in [-0.25, -0.2) is 9.97 Å². The van der Waals surface area contributed by atoms with Crippen molar-refractivity contribution >= 4 is 11.7 Å². The smallest absolute Gasteiger partial charge is 0.256 e. The maximum absolute atomic E-state index is 12.8. The number of hydrogen-bond acceptors (Lipinski definition) is 3. The van der Waals surface area contributed by atoms with E-state index in [0.717, 1.165) is 36.3 Å². The number of carbonyl (C=O) groups excluding carboxylic acids is 1. The molecule has 0 spiro atoms. The third-order valence-corrected chi connectivity index (χ3v) is 6.42. The zero-order valence-corrected chi connectivity index (χ0v) is 17.2. The molecule has 0 atom stereocenters. The number of nitrogens with zero attached hydrogens (tertiary/aromatic N) is 2. The molecular weight excluding hydrogens is 370 g/mol. The minimum Gasteiger partial charge on any atom is -0.305 e. The first-order valence-electron chi connectivity index (χ1n) is 11.1. The normalized spacial score (nSPS) is 15.9. The van der Waals surface area contributed by atoms with Gasteiger partial charge in [0.2, 0.25) is 0 Å². The van der Waals surface area contributed by atoms with Crippen LogP contribution in [-0.4, -0.2) is 15.9 Å². The predicted molar refractivity (Wildman–Crippen MR) is 120 cm³/mol. The summed E-state index contributed by atoms with van der Waals surface area (Å²) in [7, 11) is 0. The molecule has 152 valence electrons. The molecule has 4 nitrogen and oxygen atoms in total. The number of aryl methyl sites for hydroxylation is 2. The Balaban J connectivity index is 1.52. The minimum absolute atomic E-state index is 0.119. The van der Waals surface area contributed by atoms with E-state index in [1.807, 2.05) is 30.3 Å². The summed E-state index contributed by atoms with van der Waals surface area (Å²) in [6.07, 6.45) is 9.09. The Labute approximate surface area is 177 Å². The fourth-order valence-corrected chi connectivity index (χ4v) is 4.79. The van der Waals surface area contributed by atoms with Crippen LogP contribution in [0.5, 0.6) is 0 Å². The molecule has 3 aromatic rings. The lowest BCUT2D eigenvalue weighted by Gasteiger charge is -2.24. The second-order valence-electron chi connectivity index (χ2n) is 8.50. The highest BCUT2D eigenvalue weighted by Crippen LogP contribution is 2.34. The summed E-state index contributed by atoms with van der Waals surface area (Å²) in [5.41, 5.74) is 6.10. The van der Waals surface area contributed by atoms with Gasteiger partial charge in [-0.3, -0.25) is 4.79 Å². The zero-order valence-electron chi connectivity index (χ0n) is 17.2. The Morgan fingerprint density at radius 2 is 1.67 bits per heavy atom. The fraction of sp³-hybridized carbons (Fsp3) is 0.346. The molecular formula is C26H27N3O. The van der Waals surface area contributed by atoms with Crippen LogP contribution < -0.4 is 5.32 Å². The van der Waals surface area contributed by atoms with Crippen LogP contribution in [0.3, 0.4) is 0 Å². The summed E-state index contributed by atoms with van der Waals surface area (Å²) >= 11 is 0. The van der Waals surface area contributed by atoms with Gasteiger partial charge in [0, 0.05) is 11.1 Å². The van der Waals surface area contributed by atoms with Crippen LogP contribution >= 0.6 is 0 Å². The van der Waals surface area contributed by atoms with E-state index in [2.05, 4.69) is 29.6 Å². The summed E-state index contributed by atoms with van der Waals surface area (Å²) in [5, 5.41) is 3.08. The van der Waals surface area contributed by atoms with Crippen molar-refractivity contribution in [3.05, 3.63) is 77.1 Å². The van der Waals surface area contributed by atoms with E-state index in [4.69, 9.17) is 9.97 Å². The molecule has 0 unspecified atom stereocenters.